The van der Waals surface area contributed by atoms with Crippen LogP contribution >= 0.6 is 0 Å². The first-order valence-corrected chi connectivity index (χ1v) is 9.55. The number of benzene rings is 1. The second-order valence-electron chi connectivity index (χ2n) is 6.62. The van der Waals surface area contributed by atoms with E-state index in [0.717, 1.165) is 12.8 Å². The van der Waals surface area contributed by atoms with Crippen LogP contribution in [-0.2, 0) is 11.2 Å². The summed E-state index contributed by atoms with van der Waals surface area (Å²) in [7, 11) is 0. The molecule has 0 spiro atoms. The Bertz CT molecular complexity index is 404. The van der Waals surface area contributed by atoms with E-state index < -0.39 is 5.97 Å². The number of hydrogen-bond donors (Lipinski definition) is 1. The first kappa shape index (κ1) is 27.4. The molecule has 0 unspecified atom stereocenters. The van der Waals surface area contributed by atoms with Crippen molar-refractivity contribution in [2.24, 2.45) is 0 Å². The summed E-state index contributed by atoms with van der Waals surface area (Å²) in [4.78, 5) is 10.4. The van der Waals surface area contributed by atoms with Gasteiger partial charge in [0.1, 0.15) is 0 Å². The number of hydrogen-bond acceptors (Lipinski definition) is 1. The fourth-order valence-corrected chi connectivity index (χ4v) is 3.02. The van der Waals surface area contributed by atoms with Gasteiger partial charge in [-0.15, -0.1) is 0 Å². The third-order valence-electron chi connectivity index (χ3n) is 4.45. The molecular weight excluding hydrogens is 386 g/mol. The van der Waals surface area contributed by atoms with E-state index in [0.29, 0.717) is 6.42 Å². The molecule has 0 aliphatic heterocycles. The first-order valence-electron chi connectivity index (χ1n) is 9.55. The van der Waals surface area contributed by atoms with E-state index in [4.69, 9.17) is 5.11 Å². The predicted octanol–water partition coefficient (Wildman–Crippen LogP) is 2.59. The number of aliphatic carboxylic acids is 1. The van der Waals surface area contributed by atoms with Crippen LogP contribution in [0, 0.1) is 0 Å². The topological polar surface area (TPSA) is 37.3 Å². The minimum atomic E-state index is -0.659. The maximum absolute atomic E-state index is 10.4. The Labute approximate surface area is 188 Å². The van der Waals surface area contributed by atoms with Crippen LogP contribution in [-0.4, -0.2) is 28.1 Å². The molecule has 1 aromatic carbocycles. The van der Waals surface area contributed by atoms with Crippen LogP contribution in [0.3, 0.4) is 0 Å². The summed E-state index contributed by atoms with van der Waals surface area (Å²) in [6, 6.07) is 10.8. The standard InChI is InChI=1S/C21H34O2.Na.H2Se.H/c22-21(23)19-15-10-8-6-4-2-1-3-5-7-9-12-16-20-17-13-11-14-18-20;;;/h11,13-14,17-18H,1-10,12,15-16,19H2,(H,22,23);;1H2;/q;+1;;-1. The molecule has 0 aliphatic rings. The molecule has 2 nitrogen and oxygen atoms in total. The van der Waals surface area contributed by atoms with E-state index in [1.807, 2.05) is 0 Å². The number of unbranched alkanes of at least 4 members (excludes halogenated alkanes) is 11. The van der Waals surface area contributed by atoms with Gasteiger partial charge < -0.3 is 6.53 Å². The molecule has 0 aromatic heterocycles. The molecule has 0 fully saturated rings. The predicted molar refractivity (Wildman–Crippen MR) is 107 cm³/mol. The van der Waals surface area contributed by atoms with Crippen LogP contribution in [0.5, 0.6) is 0 Å². The van der Waals surface area contributed by atoms with E-state index in [1.165, 1.54) is 76.2 Å². The van der Waals surface area contributed by atoms with Crippen molar-refractivity contribution in [3.8, 4) is 0 Å². The van der Waals surface area contributed by atoms with Crippen LogP contribution in [0.1, 0.15) is 90.5 Å². The Hall–Kier alpha value is 0.209. The Morgan fingerprint density at radius 2 is 1.12 bits per heavy atom. The third-order valence-corrected chi connectivity index (χ3v) is 4.45. The van der Waals surface area contributed by atoms with Gasteiger partial charge in [0.2, 0.25) is 0 Å². The number of carbonyl (C=O) groups is 1. The van der Waals surface area contributed by atoms with Crippen LogP contribution in [0.25, 0.3) is 0 Å². The Kier molecular flexibility index (Phi) is 22.5. The summed E-state index contributed by atoms with van der Waals surface area (Å²) in [6.07, 6.45) is 16.8. The van der Waals surface area contributed by atoms with Crippen LogP contribution in [0.2, 0.25) is 0 Å². The van der Waals surface area contributed by atoms with Crippen molar-refractivity contribution in [3.05, 3.63) is 35.9 Å². The number of aryl methyl sites for hydroxylation is 1. The Balaban J connectivity index is -0.00000176. The third kappa shape index (κ3) is 18.8. The van der Waals surface area contributed by atoms with Gasteiger partial charge in [0.15, 0.2) is 0 Å². The first-order chi connectivity index (χ1) is 11.3. The summed E-state index contributed by atoms with van der Waals surface area (Å²) < 4.78 is 0. The molecule has 1 aromatic rings. The number of carboxylic acid groups (broad SMARTS) is 1. The number of carboxylic acids is 1. The van der Waals surface area contributed by atoms with Gasteiger partial charge in [-0.05, 0) is 24.8 Å². The van der Waals surface area contributed by atoms with Crippen LogP contribution in [0.15, 0.2) is 30.3 Å². The normalized spacial score (nSPS) is 9.92. The minimum absolute atomic E-state index is 0. The molecule has 0 atom stereocenters. The van der Waals surface area contributed by atoms with E-state index in [-0.39, 0.29) is 48.1 Å². The zero-order valence-corrected chi connectivity index (χ0v) is 20.2. The SMILES string of the molecule is O=C(O)CCCCCCCCCCCCCCc1ccccc1.[H-].[Na+].[SeH2]. The van der Waals surface area contributed by atoms with Crippen molar-refractivity contribution in [1.29, 1.82) is 0 Å². The molecule has 0 saturated carbocycles. The molecule has 0 heterocycles. The zero-order valence-electron chi connectivity index (χ0n) is 17.1. The summed E-state index contributed by atoms with van der Waals surface area (Å²) in [5.74, 6) is -0.659. The quantitative estimate of drug-likeness (QED) is 0.348. The van der Waals surface area contributed by atoms with E-state index in [2.05, 4.69) is 30.3 Å². The summed E-state index contributed by atoms with van der Waals surface area (Å²) in [6.45, 7) is 0. The van der Waals surface area contributed by atoms with Crippen LogP contribution < -0.4 is 29.6 Å². The molecule has 0 aliphatic carbocycles. The molecule has 1 N–H and O–H groups in total. The number of rotatable bonds is 15. The van der Waals surface area contributed by atoms with Crippen molar-refractivity contribution in [1.82, 2.24) is 0 Å². The van der Waals surface area contributed by atoms with Crippen LogP contribution in [0.4, 0.5) is 0 Å². The van der Waals surface area contributed by atoms with Gasteiger partial charge in [0, 0.05) is 6.42 Å². The molecule has 140 valence electrons. The Morgan fingerprint density at radius 1 is 0.720 bits per heavy atom. The summed E-state index contributed by atoms with van der Waals surface area (Å²) in [5.41, 5.74) is 1.47. The molecule has 0 radical (unpaired) electrons. The fraction of sp³-hybridized carbons (Fsp3) is 0.667. The van der Waals surface area contributed by atoms with Gasteiger partial charge in [-0.2, -0.15) is 0 Å². The monoisotopic (exact) mass is 424 g/mol. The van der Waals surface area contributed by atoms with E-state index in [9.17, 15) is 4.79 Å². The molecule has 0 amide bonds. The van der Waals surface area contributed by atoms with Crippen molar-refractivity contribution in [2.45, 2.75) is 89.9 Å². The second-order valence-corrected chi connectivity index (χ2v) is 6.62. The van der Waals surface area contributed by atoms with Crippen molar-refractivity contribution in [3.63, 3.8) is 0 Å². The van der Waals surface area contributed by atoms with E-state index in [1.54, 1.807) is 0 Å². The van der Waals surface area contributed by atoms with Crippen molar-refractivity contribution >= 4 is 23.0 Å². The second kappa shape index (κ2) is 20.5. The van der Waals surface area contributed by atoms with Gasteiger partial charge in [0.25, 0.3) is 0 Å². The average molecular weight is 423 g/mol. The van der Waals surface area contributed by atoms with Crippen molar-refractivity contribution < 1.29 is 40.9 Å². The molecule has 0 saturated heterocycles. The summed E-state index contributed by atoms with van der Waals surface area (Å²) >= 11 is 0. The van der Waals surface area contributed by atoms with Gasteiger partial charge >= 0.3 is 52.6 Å². The van der Waals surface area contributed by atoms with E-state index >= 15 is 0 Å². The zero-order chi connectivity index (χ0) is 16.6. The van der Waals surface area contributed by atoms with Gasteiger partial charge in [-0.3, -0.25) is 4.79 Å². The van der Waals surface area contributed by atoms with Gasteiger partial charge in [-0.25, -0.2) is 0 Å². The molecule has 4 heteroatoms. The Morgan fingerprint density at radius 3 is 1.56 bits per heavy atom. The fourth-order valence-electron chi connectivity index (χ4n) is 3.02. The maximum atomic E-state index is 10.4. The van der Waals surface area contributed by atoms with Gasteiger partial charge in [0.05, 0.1) is 0 Å². The van der Waals surface area contributed by atoms with Gasteiger partial charge in [-0.1, -0.05) is 94.5 Å². The molecule has 25 heavy (non-hydrogen) atoms. The summed E-state index contributed by atoms with van der Waals surface area (Å²) in [5, 5.41) is 8.55. The molecular formula is C21H37NaO2Se. The van der Waals surface area contributed by atoms with Crippen molar-refractivity contribution in [2.75, 3.05) is 0 Å². The molecule has 1 rings (SSSR count). The average Bonchev–Trinajstić information content (AvgIpc) is 2.56. The molecule has 0 bridgehead atoms.